The molecule has 0 radical (unpaired) electrons. The van der Waals surface area contributed by atoms with Gasteiger partial charge in [0, 0.05) is 19.6 Å². The van der Waals surface area contributed by atoms with Crippen molar-refractivity contribution in [1.82, 2.24) is 10.0 Å². The van der Waals surface area contributed by atoms with Crippen LogP contribution in [0.1, 0.15) is 19.8 Å². The van der Waals surface area contributed by atoms with Crippen LogP contribution in [0.25, 0.3) is 0 Å². The van der Waals surface area contributed by atoms with Crippen molar-refractivity contribution in [1.29, 1.82) is 0 Å². The average Bonchev–Trinajstić information content (AvgIpc) is 2.27. The molecule has 1 fully saturated rings. The summed E-state index contributed by atoms with van der Waals surface area (Å²) in [7, 11) is -6.50. The highest BCUT2D eigenvalue weighted by atomic mass is 32.2. The number of hydrogen-bond donors (Lipinski definition) is 3. The lowest BCUT2D eigenvalue weighted by Crippen LogP contribution is -2.42. The van der Waals surface area contributed by atoms with Crippen LogP contribution in [0.5, 0.6) is 0 Å². The fourth-order valence-electron chi connectivity index (χ4n) is 1.89. The number of aliphatic hydroxyl groups is 1. The van der Waals surface area contributed by atoms with Crippen LogP contribution < -0.4 is 10.0 Å². The Bertz CT molecular complexity index is 458. The van der Waals surface area contributed by atoms with Gasteiger partial charge in [-0.2, -0.15) is 0 Å². The van der Waals surface area contributed by atoms with E-state index in [1.54, 1.807) is 6.92 Å². The maximum absolute atomic E-state index is 11.9. The van der Waals surface area contributed by atoms with E-state index in [2.05, 4.69) is 10.0 Å². The van der Waals surface area contributed by atoms with Gasteiger partial charge >= 0.3 is 0 Å². The number of rotatable bonds is 7. The summed E-state index contributed by atoms with van der Waals surface area (Å²) in [5.74, 6) is -0.113. The Kier molecular flexibility index (Phi) is 6.18. The van der Waals surface area contributed by atoms with Crippen LogP contribution in [-0.4, -0.2) is 64.4 Å². The van der Waals surface area contributed by atoms with Crippen molar-refractivity contribution in [2.24, 2.45) is 0 Å². The molecule has 1 rings (SSSR count). The maximum atomic E-state index is 11.9. The predicted octanol–water partition coefficient (Wildman–Crippen LogP) is -1.55. The van der Waals surface area contributed by atoms with E-state index in [4.69, 9.17) is 5.11 Å². The Morgan fingerprint density at radius 1 is 1.26 bits per heavy atom. The third-order valence-corrected chi connectivity index (χ3v) is 6.66. The van der Waals surface area contributed by atoms with E-state index in [0.717, 1.165) is 0 Å². The van der Waals surface area contributed by atoms with Gasteiger partial charge in [-0.15, -0.1) is 0 Å². The number of nitrogens with one attached hydrogen (secondary N) is 2. The molecule has 7 nitrogen and oxygen atoms in total. The summed E-state index contributed by atoms with van der Waals surface area (Å²) in [5, 5.41) is 11.3. The molecule has 0 aromatic carbocycles. The lowest BCUT2D eigenvalue weighted by Gasteiger charge is -2.22. The van der Waals surface area contributed by atoms with Gasteiger partial charge in [-0.1, -0.05) is 0 Å². The molecule has 1 saturated heterocycles. The van der Waals surface area contributed by atoms with Gasteiger partial charge < -0.3 is 10.4 Å². The minimum atomic E-state index is -3.45. The molecule has 3 N–H and O–H groups in total. The molecule has 0 amide bonds. The van der Waals surface area contributed by atoms with Crippen LogP contribution in [0.2, 0.25) is 0 Å². The fraction of sp³-hybridized carbons (Fsp3) is 1.00. The zero-order valence-electron chi connectivity index (χ0n) is 11.0. The Labute approximate surface area is 114 Å². The molecule has 1 atom stereocenters. The highest BCUT2D eigenvalue weighted by Gasteiger charge is 2.32. The highest BCUT2D eigenvalue weighted by Crippen LogP contribution is 2.18. The predicted molar refractivity (Wildman–Crippen MR) is 73.1 cm³/mol. The summed E-state index contributed by atoms with van der Waals surface area (Å²) in [4.78, 5) is 0. The number of sulfonamides is 1. The van der Waals surface area contributed by atoms with Crippen molar-refractivity contribution in [2.75, 3.05) is 31.1 Å². The van der Waals surface area contributed by atoms with Crippen molar-refractivity contribution in [3.63, 3.8) is 0 Å². The summed E-state index contributed by atoms with van der Waals surface area (Å²) >= 11 is 0. The highest BCUT2D eigenvalue weighted by molar-refractivity contribution is 7.92. The van der Waals surface area contributed by atoms with E-state index in [1.807, 2.05) is 0 Å². The fourth-order valence-corrected chi connectivity index (χ4v) is 5.16. The van der Waals surface area contributed by atoms with Gasteiger partial charge in [0.1, 0.15) is 9.84 Å². The second-order valence-electron chi connectivity index (χ2n) is 4.84. The van der Waals surface area contributed by atoms with Gasteiger partial charge in [0.2, 0.25) is 10.0 Å². The van der Waals surface area contributed by atoms with Crippen molar-refractivity contribution in [3.8, 4) is 0 Å². The quantitative estimate of drug-likeness (QED) is 0.491. The second-order valence-corrected chi connectivity index (χ2v) is 9.19. The molecule has 0 saturated carbocycles. The molecule has 1 aliphatic rings. The van der Waals surface area contributed by atoms with E-state index in [9.17, 15) is 16.8 Å². The molecule has 1 unspecified atom stereocenters. The van der Waals surface area contributed by atoms with Crippen molar-refractivity contribution >= 4 is 19.9 Å². The summed E-state index contributed by atoms with van der Waals surface area (Å²) in [6.45, 7) is 2.70. The zero-order chi connectivity index (χ0) is 14.5. The number of sulfone groups is 1. The molecule has 0 aromatic heterocycles. The van der Waals surface area contributed by atoms with E-state index in [1.165, 1.54) is 0 Å². The molecule has 0 aliphatic carbocycles. The first-order valence-corrected chi connectivity index (χ1v) is 9.67. The van der Waals surface area contributed by atoms with Gasteiger partial charge in [-0.25, -0.2) is 21.6 Å². The number of hydrogen-bond acceptors (Lipinski definition) is 6. The van der Waals surface area contributed by atoms with Gasteiger partial charge in [-0.05, 0) is 19.8 Å². The van der Waals surface area contributed by atoms with Crippen molar-refractivity contribution < 1.29 is 21.9 Å². The molecule has 19 heavy (non-hydrogen) atoms. The van der Waals surface area contributed by atoms with Gasteiger partial charge in [0.05, 0.1) is 22.9 Å². The minimum absolute atomic E-state index is 0.0567. The molecule has 9 heteroatoms. The first kappa shape index (κ1) is 16.8. The average molecular weight is 314 g/mol. The van der Waals surface area contributed by atoms with Crippen LogP contribution in [0.15, 0.2) is 0 Å². The van der Waals surface area contributed by atoms with Gasteiger partial charge in [-0.3, -0.25) is 0 Å². The Balaban J connectivity index is 2.32. The topological polar surface area (TPSA) is 113 Å². The van der Waals surface area contributed by atoms with E-state index in [-0.39, 0.29) is 30.9 Å². The van der Waals surface area contributed by atoms with Gasteiger partial charge in [0.25, 0.3) is 0 Å². The number of aliphatic hydroxyl groups excluding tert-OH is 1. The van der Waals surface area contributed by atoms with Gasteiger partial charge in [0.15, 0.2) is 0 Å². The van der Waals surface area contributed by atoms with Crippen LogP contribution in [0, 0.1) is 0 Å². The first-order valence-electron chi connectivity index (χ1n) is 6.30. The summed E-state index contributed by atoms with van der Waals surface area (Å²) in [5.41, 5.74) is 0. The lowest BCUT2D eigenvalue weighted by atomic mass is 10.2. The normalized spacial score (nSPS) is 22.2. The molecular weight excluding hydrogens is 292 g/mol. The smallest absolute Gasteiger partial charge is 0.214 e. The zero-order valence-corrected chi connectivity index (χ0v) is 12.6. The molecule has 0 spiro atoms. The Morgan fingerprint density at radius 2 is 1.84 bits per heavy atom. The van der Waals surface area contributed by atoms with E-state index in [0.29, 0.717) is 13.1 Å². The van der Waals surface area contributed by atoms with E-state index >= 15 is 0 Å². The standard InChI is InChI=1S/C10H22N2O5S2/c1-9(13)8-11-4-5-12-19(16,17)10-2-6-18(14,15)7-3-10/h9-13H,2-8H2,1H3. The lowest BCUT2D eigenvalue weighted by molar-refractivity contribution is 0.192. The van der Waals surface area contributed by atoms with E-state index < -0.39 is 31.2 Å². The third kappa shape index (κ3) is 6.17. The summed E-state index contributed by atoms with van der Waals surface area (Å²) in [6, 6.07) is 0. The minimum Gasteiger partial charge on any atom is -0.392 e. The van der Waals surface area contributed by atoms with Crippen molar-refractivity contribution in [3.05, 3.63) is 0 Å². The summed E-state index contributed by atoms with van der Waals surface area (Å²) < 4.78 is 48.8. The monoisotopic (exact) mass is 314 g/mol. The molecule has 0 bridgehead atoms. The molecule has 0 aromatic rings. The third-order valence-electron chi connectivity index (χ3n) is 2.99. The Morgan fingerprint density at radius 3 is 2.37 bits per heavy atom. The van der Waals surface area contributed by atoms with Crippen molar-refractivity contribution in [2.45, 2.75) is 31.1 Å². The molecular formula is C10H22N2O5S2. The largest absolute Gasteiger partial charge is 0.392 e. The Hall–Kier alpha value is -0.220. The maximum Gasteiger partial charge on any atom is 0.214 e. The van der Waals surface area contributed by atoms with Crippen LogP contribution in [0.4, 0.5) is 0 Å². The van der Waals surface area contributed by atoms with Crippen LogP contribution in [-0.2, 0) is 19.9 Å². The second kappa shape index (κ2) is 6.98. The van der Waals surface area contributed by atoms with Crippen LogP contribution >= 0.6 is 0 Å². The van der Waals surface area contributed by atoms with Crippen LogP contribution in [0.3, 0.4) is 0 Å². The molecule has 1 heterocycles. The molecule has 1 aliphatic heterocycles. The first-order chi connectivity index (χ1) is 8.73. The summed E-state index contributed by atoms with van der Waals surface area (Å²) in [6.07, 6.45) is -0.141. The SMILES string of the molecule is CC(O)CNCCNS(=O)(=O)C1CCS(=O)(=O)CC1. The molecule has 114 valence electrons.